The normalized spacial score (nSPS) is 12.4. The van der Waals surface area contributed by atoms with Gasteiger partial charge in [-0.2, -0.15) is 5.26 Å². The van der Waals surface area contributed by atoms with Gasteiger partial charge >= 0.3 is 6.09 Å². The number of rotatable bonds is 10. The number of alkyl carbamates (subject to hydrolysis) is 1. The molecule has 0 aliphatic rings. The Balaban J connectivity index is 2.54. The number of nitrogens with two attached hydrogens (primary N) is 1. The van der Waals surface area contributed by atoms with Crippen LogP contribution in [0.3, 0.4) is 0 Å². The van der Waals surface area contributed by atoms with Gasteiger partial charge in [-0.15, -0.1) is 0 Å². The Labute approximate surface area is 227 Å². The van der Waals surface area contributed by atoms with E-state index in [4.69, 9.17) is 10.5 Å². The minimum atomic E-state index is -1.33. The van der Waals surface area contributed by atoms with Gasteiger partial charge in [0.1, 0.15) is 30.0 Å². The van der Waals surface area contributed by atoms with Gasteiger partial charge in [0.05, 0.1) is 6.07 Å². The van der Waals surface area contributed by atoms with Gasteiger partial charge in [-0.05, 0) is 69.9 Å². The first-order chi connectivity index (χ1) is 18.2. The summed E-state index contributed by atoms with van der Waals surface area (Å²) in [7, 11) is 0. The summed E-state index contributed by atoms with van der Waals surface area (Å²) in [5.74, 6) is -2.17. The molecule has 2 rings (SSSR count). The molecule has 0 saturated heterocycles. The average molecular weight is 538 g/mol. The maximum atomic E-state index is 13.8. The van der Waals surface area contributed by atoms with Crippen molar-refractivity contribution in [2.45, 2.75) is 65.1 Å². The molecule has 0 aliphatic heterocycles. The highest BCUT2D eigenvalue weighted by Gasteiger charge is 2.36. The number of benzene rings is 2. The first kappa shape index (κ1) is 30.6. The number of primary amides is 1. The highest BCUT2D eigenvalue weighted by Crippen LogP contribution is 2.28. The molecule has 0 radical (unpaired) electrons. The van der Waals surface area contributed by atoms with Crippen molar-refractivity contribution in [2.75, 3.05) is 11.9 Å². The minimum Gasteiger partial charge on any atom is -0.508 e. The summed E-state index contributed by atoms with van der Waals surface area (Å²) in [4.78, 5) is 52.7. The Morgan fingerprint density at radius 3 is 2.18 bits per heavy atom. The van der Waals surface area contributed by atoms with E-state index >= 15 is 0 Å². The SMILES string of the molecule is Cc1cccc(C)c1NC(=O)C(c1ccc(O)cc1)N(CC#N)C(=O)C(CCC(N)=O)NC(=O)OC(C)(C)C. The van der Waals surface area contributed by atoms with Crippen molar-refractivity contribution >= 4 is 29.5 Å². The number of phenolic OH excluding ortho intramolecular Hbond substituents is 1. The van der Waals surface area contributed by atoms with Gasteiger partial charge in [0.15, 0.2) is 0 Å². The molecule has 39 heavy (non-hydrogen) atoms. The van der Waals surface area contributed by atoms with Crippen LogP contribution in [0, 0.1) is 25.2 Å². The third-order valence-electron chi connectivity index (χ3n) is 5.69. The summed E-state index contributed by atoms with van der Waals surface area (Å²) in [6, 6.07) is 10.4. The number of aryl methyl sites for hydroxylation is 2. The molecule has 0 spiro atoms. The molecule has 0 aliphatic carbocycles. The lowest BCUT2D eigenvalue weighted by molar-refractivity contribution is -0.140. The average Bonchev–Trinajstić information content (AvgIpc) is 2.83. The minimum absolute atomic E-state index is 0.0586. The maximum absolute atomic E-state index is 13.8. The summed E-state index contributed by atoms with van der Waals surface area (Å²) < 4.78 is 5.27. The van der Waals surface area contributed by atoms with Crippen LogP contribution in [0.15, 0.2) is 42.5 Å². The van der Waals surface area contributed by atoms with E-state index in [1.165, 1.54) is 24.3 Å². The second kappa shape index (κ2) is 13.3. The second-order valence-electron chi connectivity index (χ2n) is 10.1. The summed E-state index contributed by atoms with van der Waals surface area (Å²) in [5, 5.41) is 24.7. The smallest absolute Gasteiger partial charge is 0.408 e. The second-order valence-corrected chi connectivity index (χ2v) is 10.1. The molecule has 0 fully saturated rings. The zero-order valence-electron chi connectivity index (χ0n) is 22.8. The molecule has 11 nitrogen and oxygen atoms in total. The van der Waals surface area contributed by atoms with E-state index in [9.17, 15) is 29.5 Å². The van der Waals surface area contributed by atoms with Crippen LogP contribution >= 0.6 is 0 Å². The third-order valence-corrected chi connectivity index (χ3v) is 5.69. The van der Waals surface area contributed by atoms with Crippen LogP contribution in [0.5, 0.6) is 5.75 Å². The summed E-state index contributed by atoms with van der Waals surface area (Å²) in [6.45, 7) is 8.06. The molecule has 0 heterocycles. The van der Waals surface area contributed by atoms with Gasteiger partial charge in [0, 0.05) is 12.1 Å². The highest BCUT2D eigenvalue weighted by atomic mass is 16.6. The van der Waals surface area contributed by atoms with Gasteiger partial charge in [-0.25, -0.2) is 4.79 Å². The molecule has 2 atom stereocenters. The molecule has 5 N–H and O–H groups in total. The zero-order chi connectivity index (χ0) is 29.3. The van der Waals surface area contributed by atoms with Gasteiger partial charge in [0.25, 0.3) is 5.91 Å². The van der Waals surface area contributed by atoms with E-state index in [2.05, 4.69) is 10.6 Å². The Bertz CT molecular complexity index is 1230. The predicted molar refractivity (Wildman–Crippen MR) is 144 cm³/mol. The van der Waals surface area contributed by atoms with E-state index in [-0.39, 0.29) is 18.6 Å². The van der Waals surface area contributed by atoms with Crippen molar-refractivity contribution in [3.8, 4) is 11.8 Å². The number of phenols is 1. The Morgan fingerprint density at radius 2 is 1.67 bits per heavy atom. The fourth-order valence-corrected chi connectivity index (χ4v) is 3.90. The zero-order valence-corrected chi connectivity index (χ0v) is 22.8. The third kappa shape index (κ3) is 9.03. The number of hydrogen-bond acceptors (Lipinski definition) is 7. The summed E-state index contributed by atoms with van der Waals surface area (Å²) >= 11 is 0. The van der Waals surface area contributed by atoms with Crippen LogP contribution in [-0.2, 0) is 19.1 Å². The maximum Gasteiger partial charge on any atom is 0.408 e. The molecule has 0 aromatic heterocycles. The number of nitrogens with zero attached hydrogens (tertiary/aromatic N) is 2. The number of nitrogens with one attached hydrogen (secondary N) is 2. The van der Waals surface area contributed by atoms with Crippen molar-refractivity contribution in [3.05, 3.63) is 59.2 Å². The monoisotopic (exact) mass is 537 g/mol. The van der Waals surface area contributed by atoms with E-state index in [1.54, 1.807) is 20.8 Å². The van der Waals surface area contributed by atoms with Crippen LogP contribution in [0.4, 0.5) is 10.5 Å². The first-order valence-corrected chi connectivity index (χ1v) is 12.3. The van der Waals surface area contributed by atoms with E-state index in [0.717, 1.165) is 16.0 Å². The Hall–Kier alpha value is -4.59. The molecular weight excluding hydrogens is 502 g/mol. The summed E-state index contributed by atoms with van der Waals surface area (Å²) in [5.41, 5.74) is 6.86. The molecule has 2 unspecified atom stereocenters. The van der Waals surface area contributed by atoms with Crippen LogP contribution in [0.25, 0.3) is 0 Å². The fraction of sp³-hybridized carbons (Fsp3) is 0.393. The van der Waals surface area contributed by atoms with Gasteiger partial charge in [-0.3, -0.25) is 14.4 Å². The number of aromatic hydroxyl groups is 1. The lowest BCUT2D eigenvalue weighted by Crippen LogP contribution is -2.52. The van der Waals surface area contributed by atoms with E-state index in [0.29, 0.717) is 11.3 Å². The highest BCUT2D eigenvalue weighted by molar-refractivity contribution is 6.00. The lowest BCUT2D eigenvalue weighted by Gasteiger charge is -2.33. The lowest BCUT2D eigenvalue weighted by atomic mass is 10.0. The number of carbonyl (C=O) groups excluding carboxylic acids is 4. The van der Waals surface area contributed by atoms with Crippen LogP contribution in [-0.4, -0.2) is 52.0 Å². The number of ether oxygens (including phenoxy) is 1. The molecule has 0 bridgehead atoms. The number of nitriles is 1. The van der Waals surface area contributed by atoms with Crippen LogP contribution in [0.1, 0.15) is 56.3 Å². The van der Waals surface area contributed by atoms with Gasteiger partial charge < -0.3 is 31.1 Å². The number of carbonyl (C=O) groups is 4. The molecule has 2 aromatic carbocycles. The largest absolute Gasteiger partial charge is 0.508 e. The van der Waals surface area contributed by atoms with Crippen molar-refractivity contribution < 1.29 is 29.0 Å². The molecule has 208 valence electrons. The number of anilines is 1. The first-order valence-electron chi connectivity index (χ1n) is 12.3. The fourth-order valence-electron chi connectivity index (χ4n) is 3.90. The van der Waals surface area contributed by atoms with Gasteiger partial charge in [-0.1, -0.05) is 30.3 Å². The van der Waals surface area contributed by atoms with E-state index < -0.39 is 48.0 Å². The van der Waals surface area contributed by atoms with Crippen molar-refractivity contribution in [2.24, 2.45) is 5.73 Å². The van der Waals surface area contributed by atoms with Gasteiger partial charge in [0.2, 0.25) is 11.8 Å². The van der Waals surface area contributed by atoms with E-state index in [1.807, 2.05) is 38.1 Å². The summed E-state index contributed by atoms with van der Waals surface area (Å²) in [6.07, 6.45) is -1.34. The topological polar surface area (TPSA) is 175 Å². The Kier molecular flexibility index (Phi) is 10.4. The van der Waals surface area contributed by atoms with Crippen molar-refractivity contribution in [1.82, 2.24) is 10.2 Å². The predicted octanol–water partition coefficient (Wildman–Crippen LogP) is 3.20. The number of para-hydroxylation sites is 1. The van der Waals surface area contributed by atoms with Crippen molar-refractivity contribution in [1.29, 1.82) is 5.26 Å². The number of amides is 4. The van der Waals surface area contributed by atoms with Crippen LogP contribution < -0.4 is 16.4 Å². The Morgan fingerprint density at radius 1 is 1.08 bits per heavy atom. The molecular formula is C28H35N5O6. The molecule has 11 heteroatoms. The molecule has 2 aromatic rings. The number of hydrogen-bond donors (Lipinski definition) is 4. The molecule has 4 amide bonds. The van der Waals surface area contributed by atoms with Crippen molar-refractivity contribution in [3.63, 3.8) is 0 Å². The quantitative estimate of drug-likeness (QED) is 0.336. The van der Waals surface area contributed by atoms with Crippen LogP contribution in [0.2, 0.25) is 0 Å². The molecule has 0 saturated carbocycles. The standard InChI is InChI=1S/C28H35N5O6/c1-17-7-6-8-18(2)23(17)32-25(36)24(19-9-11-20(34)12-10-19)33(16-15-29)26(37)21(13-14-22(30)35)31-27(38)39-28(3,4)5/h6-12,21,24,34H,13-14,16H2,1-5H3,(H2,30,35)(H,31,38)(H,32,36).